The molecule has 0 aromatic rings. The lowest BCUT2D eigenvalue weighted by Gasteiger charge is -2.28. The Hall–Kier alpha value is -0.220. The third-order valence-corrected chi connectivity index (χ3v) is 5.39. The van der Waals surface area contributed by atoms with Crippen molar-refractivity contribution in [2.75, 3.05) is 18.1 Å². The Morgan fingerprint density at radius 3 is 2.61 bits per heavy atom. The first-order valence-electron chi connectivity index (χ1n) is 7.35. The highest BCUT2D eigenvalue weighted by molar-refractivity contribution is 7.99. The van der Waals surface area contributed by atoms with Crippen molar-refractivity contribution in [3.05, 3.63) is 0 Å². The molecule has 4 heteroatoms. The van der Waals surface area contributed by atoms with Crippen LogP contribution in [0.25, 0.3) is 0 Å². The van der Waals surface area contributed by atoms with Crippen molar-refractivity contribution in [3.63, 3.8) is 0 Å². The summed E-state index contributed by atoms with van der Waals surface area (Å²) in [5.74, 6) is 3.86. The molecule has 1 aliphatic heterocycles. The molecule has 2 atom stereocenters. The van der Waals surface area contributed by atoms with Gasteiger partial charge in [0.25, 0.3) is 0 Å². The highest BCUT2D eigenvalue weighted by Crippen LogP contribution is 2.26. The Morgan fingerprint density at radius 1 is 1.17 bits per heavy atom. The zero-order chi connectivity index (χ0) is 12.8. The molecule has 18 heavy (non-hydrogen) atoms. The Morgan fingerprint density at radius 2 is 1.89 bits per heavy atom. The highest BCUT2D eigenvalue weighted by Gasteiger charge is 2.24. The van der Waals surface area contributed by atoms with Crippen molar-refractivity contribution < 1.29 is 4.79 Å². The monoisotopic (exact) mass is 270 g/mol. The average molecular weight is 270 g/mol. The van der Waals surface area contributed by atoms with Gasteiger partial charge in [-0.15, -0.1) is 0 Å². The topological polar surface area (TPSA) is 55.1 Å². The van der Waals surface area contributed by atoms with E-state index in [9.17, 15) is 4.79 Å². The quantitative estimate of drug-likeness (QED) is 0.823. The van der Waals surface area contributed by atoms with Gasteiger partial charge in [-0.3, -0.25) is 4.79 Å². The summed E-state index contributed by atoms with van der Waals surface area (Å²) < 4.78 is 0. The molecule has 2 unspecified atom stereocenters. The number of nitrogens with one attached hydrogen (secondary N) is 1. The Kier molecular flexibility index (Phi) is 5.83. The molecule has 0 bridgehead atoms. The van der Waals surface area contributed by atoms with Gasteiger partial charge in [-0.05, 0) is 49.0 Å². The predicted octanol–water partition coefficient (Wildman–Crippen LogP) is 2.15. The van der Waals surface area contributed by atoms with Gasteiger partial charge in [0.2, 0.25) is 5.91 Å². The maximum Gasteiger partial charge on any atom is 0.220 e. The van der Waals surface area contributed by atoms with Crippen molar-refractivity contribution in [2.45, 2.75) is 51.0 Å². The summed E-state index contributed by atoms with van der Waals surface area (Å²) in [5, 5.41) is 3.12. The average Bonchev–Trinajstić information content (AvgIpc) is 2.40. The molecular weight excluding hydrogens is 244 g/mol. The van der Waals surface area contributed by atoms with Gasteiger partial charge in [0, 0.05) is 19.0 Å². The molecule has 0 aromatic carbocycles. The van der Waals surface area contributed by atoms with Crippen LogP contribution in [0.5, 0.6) is 0 Å². The SMILES string of the molecule is NC1CCCCC1CC(=O)NCC1CCSCC1. The van der Waals surface area contributed by atoms with Crippen molar-refractivity contribution >= 4 is 17.7 Å². The van der Waals surface area contributed by atoms with Crippen LogP contribution < -0.4 is 11.1 Å². The molecule has 3 nitrogen and oxygen atoms in total. The van der Waals surface area contributed by atoms with E-state index < -0.39 is 0 Å². The number of nitrogens with two attached hydrogens (primary N) is 1. The van der Waals surface area contributed by atoms with E-state index in [1.807, 2.05) is 11.8 Å². The molecule has 2 fully saturated rings. The van der Waals surface area contributed by atoms with Crippen LogP contribution >= 0.6 is 11.8 Å². The molecule has 0 spiro atoms. The molecule has 0 aromatic heterocycles. The Balaban J connectivity index is 1.64. The van der Waals surface area contributed by atoms with Crippen LogP contribution in [-0.2, 0) is 4.79 Å². The first kappa shape index (κ1) is 14.2. The number of hydrogen-bond acceptors (Lipinski definition) is 3. The standard InChI is InChI=1S/C14H26N2OS/c15-13-4-2-1-3-12(13)9-14(17)16-10-11-5-7-18-8-6-11/h11-13H,1-10,15H2,(H,16,17). The minimum atomic E-state index is 0.218. The van der Waals surface area contributed by atoms with Crippen molar-refractivity contribution in [3.8, 4) is 0 Å². The zero-order valence-electron chi connectivity index (χ0n) is 11.2. The molecule has 1 aliphatic carbocycles. The Bertz CT molecular complexity index is 267. The van der Waals surface area contributed by atoms with Crippen LogP contribution in [0.3, 0.4) is 0 Å². The highest BCUT2D eigenvalue weighted by atomic mass is 32.2. The minimum Gasteiger partial charge on any atom is -0.356 e. The molecule has 2 rings (SSSR count). The van der Waals surface area contributed by atoms with Gasteiger partial charge in [-0.25, -0.2) is 0 Å². The second kappa shape index (κ2) is 7.39. The largest absolute Gasteiger partial charge is 0.356 e. The molecule has 0 radical (unpaired) electrons. The van der Waals surface area contributed by atoms with Crippen LogP contribution in [0, 0.1) is 11.8 Å². The number of carbonyl (C=O) groups is 1. The molecule has 1 saturated heterocycles. The van der Waals surface area contributed by atoms with Crippen LogP contribution in [0.15, 0.2) is 0 Å². The summed E-state index contributed by atoms with van der Waals surface area (Å²) in [4.78, 5) is 11.9. The molecular formula is C14H26N2OS. The fraction of sp³-hybridized carbons (Fsp3) is 0.929. The van der Waals surface area contributed by atoms with E-state index in [0.717, 1.165) is 19.4 Å². The molecule has 1 amide bonds. The summed E-state index contributed by atoms with van der Waals surface area (Å²) in [6, 6.07) is 0.246. The van der Waals surface area contributed by atoms with Gasteiger partial charge < -0.3 is 11.1 Å². The van der Waals surface area contributed by atoms with Crippen LogP contribution in [0.2, 0.25) is 0 Å². The lowest BCUT2D eigenvalue weighted by Crippen LogP contribution is -2.38. The van der Waals surface area contributed by atoms with Crippen molar-refractivity contribution in [1.82, 2.24) is 5.32 Å². The second-order valence-corrected chi connectivity index (χ2v) is 7.00. The molecule has 1 heterocycles. The van der Waals surface area contributed by atoms with E-state index in [4.69, 9.17) is 5.73 Å². The predicted molar refractivity (Wildman–Crippen MR) is 77.6 cm³/mol. The van der Waals surface area contributed by atoms with E-state index in [2.05, 4.69) is 5.32 Å². The summed E-state index contributed by atoms with van der Waals surface area (Å²) in [7, 11) is 0. The third kappa shape index (κ3) is 4.47. The maximum absolute atomic E-state index is 11.9. The third-order valence-electron chi connectivity index (χ3n) is 4.34. The van der Waals surface area contributed by atoms with Crippen LogP contribution in [0.1, 0.15) is 44.9 Å². The van der Waals surface area contributed by atoms with E-state index in [1.165, 1.54) is 37.2 Å². The number of rotatable bonds is 4. The number of carbonyl (C=O) groups excluding carboxylic acids is 1. The first-order valence-corrected chi connectivity index (χ1v) is 8.51. The summed E-state index contributed by atoms with van der Waals surface area (Å²) >= 11 is 2.03. The van der Waals surface area contributed by atoms with Crippen LogP contribution in [-0.4, -0.2) is 30.0 Å². The number of amides is 1. The van der Waals surface area contributed by atoms with E-state index >= 15 is 0 Å². The fourth-order valence-corrected chi connectivity index (χ4v) is 4.21. The fourth-order valence-electron chi connectivity index (χ4n) is 3.01. The minimum absolute atomic E-state index is 0.218. The van der Waals surface area contributed by atoms with Gasteiger partial charge in [-0.2, -0.15) is 11.8 Å². The normalized spacial score (nSPS) is 30.1. The lowest BCUT2D eigenvalue weighted by molar-refractivity contribution is -0.122. The van der Waals surface area contributed by atoms with E-state index in [1.54, 1.807) is 0 Å². The van der Waals surface area contributed by atoms with Crippen molar-refractivity contribution in [1.29, 1.82) is 0 Å². The Labute approximate surface area is 115 Å². The molecule has 3 N–H and O–H groups in total. The molecule has 1 saturated carbocycles. The lowest BCUT2D eigenvalue weighted by atomic mass is 9.83. The molecule has 2 aliphatic rings. The van der Waals surface area contributed by atoms with Crippen LogP contribution in [0.4, 0.5) is 0 Å². The van der Waals surface area contributed by atoms with Crippen molar-refractivity contribution in [2.24, 2.45) is 17.6 Å². The summed E-state index contributed by atoms with van der Waals surface area (Å²) in [5.41, 5.74) is 6.08. The summed E-state index contributed by atoms with van der Waals surface area (Å²) in [6.07, 6.45) is 7.86. The first-order chi connectivity index (χ1) is 8.75. The van der Waals surface area contributed by atoms with Gasteiger partial charge in [0.1, 0.15) is 0 Å². The molecule has 104 valence electrons. The number of thioether (sulfide) groups is 1. The smallest absolute Gasteiger partial charge is 0.220 e. The van der Waals surface area contributed by atoms with Gasteiger partial charge in [0.15, 0.2) is 0 Å². The van der Waals surface area contributed by atoms with E-state index in [0.29, 0.717) is 18.3 Å². The summed E-state index contributed by atoms with van der Waals surface area (Å²) in [6.45, 7) is 0.876. The van der Waals surface area contributed by atoms with Gasteiger partial charge in [-0.1, -0.05) is 12.8 Å². The zero-order valence-corrected chi connectivity index (χ0v) is 12.0. The second-order valence-electron chi connectivity index (χ2n) is 5.77. The van der Waals surface area contributed by atoms with Gasteiger partial charge >= 0.3 is 0 Å². The van der Waals surface area contributed by atoms with Gasteiger partial charge in [0.05, 0.1) is 0 Å². The number of hydrogen-bond donors (Lipinski definition) is 2. The van der Waals surface area contributed by atoms with E-state index in [-0.39, 0.29) is 11.9 Å². The maximum atomic E-state index is 11.9.